The van der Waals surface area contributed by atoms with Gasteiger partial charge in [0.05, 0.1) is 19.1 Å². The van der Waals surface area contributed by atoms with Crippen LogP contribution >= 0.6 is 0 Å². The maximum absolute atomic E-state index is 11.3. The van der Waals surface area contributed by atoms with Gasteiger partial charge in [0.1, 0.15) is 6.10 Å². The fourth-order valence-electron chi connectivity index (χ4n) is 2.03. The molecular weight excluding hydrogens is 260 g/mol. The first-order chi connectivity index (χ1) is 9.60. The Bertz CT molecular complexity index is 418. The van der Waals surface area contributed by atoms with Gasteiger partial charge in [-0.3, -0.25) is 4.79 Å². The number of hydrogen-bond acceptors (Lipinski definition) is 5. The first-order valence-electron chi connectivity index (χ1n) is 6.80. The number of aryl methyl sites for hydroxylation is 1. The molecule has 1 aromatic rings. The molecule has 5 nitrogen and oxygen atoms in total. The van der Waals surface area contributed by atoms with Crippen LogP contribution in [0.5, 0.6) is 0 Å². The SMILES string of the molecule is CCOC(=O)CC(O)C(O)c1ccccc1CCCO. The van der Waals surface area contributed by atoms with Crippen molar-refractivity contribution >= 4 is 5.97 Å². The van der Waals surface area contributed by atoms with Gasteiger partial charge >= 0.3 is 5.97 Å². The Morgan fingerprint density at radius 3 is 2.65 bits per heavy atom. The first kappa shape index (κ1) is 16.6. The van der Waals surface area contributed by atoms with Crippen molar-refractivity contribution < 1.29 is 24.9 Å². The van der Waals surface area contributed by atoms with Gasteiger partial charge in [-0.25, -0.2) is 0 Å². The Labute approximate surface area is 118 Å². The van der Waals surface area contributed by atoms with E-state index < -0.39 is 18.2 Å². The topological polar surface area (TPSA) is 87.0 Å². The Balaban J connectivity index is 2.74. The van der Waals surface area contributed by atoms with E-state index in [1.807, 2.05) is 12.1 Å². The fraction of sp³-hybridized carbons (Fsp3) is 0.533. The summed E-state index contributed by atoms with van der Waals surface area (Å²) in [7, 11) is 0. The minimum Gasteiger partial charge on any atom is -0.466 e. The van der Waals surface area contributed by atoms with E-state index in [4.69, 9.17) is 9.84 Å². The van der Waals surface area contributed by atoms with Crippen molar-refractivity contribution in [2.75, 3.05) is 13.2 Å². The molecule has 0 amide bonds. The van der Waals surface area contributed by atoms with E-state index in [-0.39, 0.29) is 19.6 Å². The summed E-state index contributed by atoms with van der Waals surface area (Å²) in [6.07, 6.45) is -1.41. The Morgan fingerprint density at radius 1 is 1.30 bits per heavy atom. The molecule has 0 aliphatic heterocycles. The lowest BCUT2D eigenvalue weighted by Crippen LogP contribution is -2.24. The molecule has 1 aromatic carbocycles. The molecule has 0 aliphatic carbocycles. The lowest BCUT2D eigenvalue weighted by Gasteiger charge is -2.20. The van der Waals surface area contributed by atoms with Gasteiger partial charge in [-0.2, -0.15) is 0 Å². The molecule has 0 spiro atoms. The zero-order valence-corrected chi connectivity index (χ0v) is 11.7. The van der Waals surface area contributed by atoms with E-state index in [2.05, 4.69) is 0 Å². The molecule has 0 heterocycles. The molecule has 0 fully saturated rings. The normalized spacial score (nSPS) is 13.8. The summed E-state index contributed by atoms with van der Waals surface area (Å²) in [5, 5.41) is 29.0. The van der Waals surface area contributed by atoms with Crippen LogP contribution in [0.15, 0.2) is 24.3 Å². The van der Waals surface area contributed by atoms with Crippen LogP contribution in [-0.2, 0) is 16.0 Å². The van der Waals surface area contributed by atoms with E-state index in [1.54, 1.807) is 19.1 Å². The standard InChI is InChI=1S/C15H22O5/c1-2-20-14(18)10-13(17)15(19)12-8-4-3-6-11(12)7-5-9-16/h3-4,6,8,13,15-17,19H,2,5,7,9-10H2,1H3. The Kier molecular flexibility index (Phi) is 7.22. The summed E-state index contributed by atoms with van der Waals surface area (Å²) in [5.74, 6) is -0.535. The van der Waals surface area contributed by atoms with Crippen LogP contribution < -0.4 is 0 Å². The van der Waals surface area contributed by atoms with Crippen molar-refractivity contribution in [2.24, 2.45) is 0 Å². The highest BCUT2D eigenvalue weighted by atomic mass is 16.5. The predicted molar refractivity (Wildman–Crippen MR) is 74.1 cm³/mol. The van der Waals surface area contributed by atoms with Gasteiger partial charge in [0, 0.05) is 6.61 Å². The first-order valence-corrected chi connectivity index (χ1v) is 6.80. The minimum absolute atomic E-state index is 0.0653. The second kappa shape index (κ2) is 8.68. The molecule has 0 radical (unpaired) electrons. The van der Waals surface area contributed by atoms with Crippen LogP contribution in [0, 0.1) is 0 Å². The molecule has 0 saturated heterocycles. The van der Waals surface area contributed by atoms with Gasteiger partial charge < -0.3 is 20.1 Å². The molecule has 0 aliphatic rings. The van der Waals surface area contributed by atoms with Crippen LogP contribution in [0.25, 0.3) is 0 Å². The largest absolute Gasteiger partial charge is 0.466 e. The van der Waals surface area contributed by atoms with Gasteiger partial charge in [-0.05, 0) is 30.9 Å². The molecule has 5 heteroatoms. The summed E-state index contributed by atoms with van der Waals surface area (Å²) in [6, 6.07) is 7.15. The Morgan fingerprint density at radius 2 is 2.00 bits per heavy atom. The van der Waals surface area contributed by atoms with Crippen molar-refractivity contribution in [3.8, 4) is 0 Å². The van der Waals surface area contributed by atoms with Crippen LogP contribution in [0.4, 0.5) is 0 Å². The third-order valence-corrected chi connectivity index (χ3v) is 3.02. The molecule has 112 valence electrons. The zero-order chi connectivity index (χ0) is 15.0. The fourth-order valence-corrected chi connectivity index (χ4v) is 2.03. The van der Waals surface area contributed by atoms with E-state index >= 15 is 0 Å². The van der Waals surface area contributed by atoms with Crippen molar-refractivity contribution in [1.29, 1.82) is 0 Å². The number of carbonyl (C=O) groups excluding carboxylic acids is 1. The average Bonchev–Trinajstić information content (AvgIpc) is 2.44. The van der Waals surface area contributed by atoms with Gasteiger partial charge in [-0.15, -0.1) is 0 Å². The van der Waals surface area contributed by atoms with Crippen LogP contribution in [0.2, 0.25) is 0 Å². The lowest BCUT2D eigenvalue weighted by molar-refractivity contribution is -0.147. The maximum Gasteiger partial charge on any atom is 0.308 e. The summed E-state index contributed by atoms with van der Waals surface area (Å²) >= 11 is 0. The Hall–Kier alpha value is -1.43. The molecule has 0 saturated carbocycles. The highest BCUT2D eigenvalue weighted by Gasteiger charge is 2.23. The summed E-state index contributed by atoms with van der Waals surface area (Å²) in [4.78, 5) is 11.3. The second-order valence-electron chi connectivity index (χ2n) is 4.55. The molecule has 2 unspecified atom stereocenters. The van der Waals surface area contributed by atoms with Gasteiger partial charge in [0.2, 0.25) is 0 Å². The van der Waals surface area contributed by atoms with Crippen molar-refractivity contribution in [3.63, 3.8) is 0 Å². The van der Waals surface area contributed by atoms with E-state index in [9.17, 15) is 15.0 Å². The van der Waals surface area contributed by atoms with Crippen LogP contribution in [0.1, 0.15) is 37.0 Å². The van der Waals surface area contributed by atoms with E-state index in [0.717, 1.165) is 5.56 Å². The quantitative estimate of drug-likeness (QED) is 0.618. The zero-order valence-electron chi connectivity index (χ0n) is 11.7. The smallest absolute Gasteiger partial charge is 0.308 e. The number of aliphatic hydroxyl groups is 3. The van der Waals surface area contributed by atoms with E-state index in [0.29, 0.717) is 18.4 Å². The number of ether oxygens (including phenoxy) is 1. The van der Waals surface area contributed by atoms with Crippen molar-refractivity contribution in [2.45, 2.75) is 38.4 Å². The minimum atomic E-state index is -1.20. The summed E-state index contributed by atoms with van der Waals surface area (Å²) < 4.78 is 4.75. The molecule has 1 rings (SSSR count). The second-order valence-corrected chi connectivity index (χ2v) is 4.55. The molecule has 2 atom stereocenters. The van der Waals surface area contributed by atoms with Gasteiger partial charge in [-0.1, -0.05) is 24.3 Å². The average molecular weight is 282 g/mol. The van der Waals surface area contributed by atoms with Crippen LogP contribution in [-0.4, -0.2) is 40.6 Å². The summed E-state index contributed by atoms with van der Waals surface area (Å²) in [5.41, 5.74) is 1.44. The molecule has 3 N–H and O–H groups in total. The van der Waals surface area contributed by atoms with E-state index in [1.165, 1.54) is 0 Å². The maximum atomic E-state index is 11.3. The summed E-state index contributed by atoms with van der Waals surface area (Å²) in [6.45, 7) is 2.00. The lowest BCUT2D eigenvalue weighted by atomic mass is 9.95. The highest BCUT2D eigenvalue weighted by molar-refractivity contribution is 5.70. The van der Waals surface area contributed by atoms with Crippen molar-refractivity contribution in [3.05, 3.63) is 35.4 Å². The number of carbonyl (C=O) groups is 1. The van der Waals surface area contributed by atoms with Crippen LogP contribution in [0.3, 0.4) is 0 Å². The molecular formula is C15H22O5. The monoisotopic (exact) mass is 282 g/mol. The van der Waals surface area contributed by atoms with Crippen molar-refractivity contribution in [1.82, 2.24) is 0 Å². The molecule has 20 heavy (non-hydrogen) atoms. The number of benzene rings is 1. The predicted octanol–water partition coefficient (Wildman–Crippen LogP) is 0.959. The molecule has 0 bridgehead atoms. The number of aliphatic hydroxyl groups excluding tert-OH is 3. The number of rotatable bonds is 8. The highest BCUT2D eigenvalue weighted by Crippen LogP contribution is 2.24. The van der Waals surface area contributed by atoms with Gasteiger partial charge in [0.25, 0.3) is 0 Å². The van der Waals surface area contributed by atoms with Gasteiger partial charge in [0.15, 0.2) is 0 Å². The number of esters is 1. The molecule has 0 aromatic heterocycles. The third-order valence-electron chi connectivity index (χ3n) is 3.02. The third kappa shape index (κ3) is 4.92. The number of hydrogen-bond donors (Lipinski definition) is 3.